The minimum Gasteiger partial charge on any atom is -0.381 e. The number of aliphatic imine (C=N–C) groups is 1. The van der Waals surface area contributed by atoms with Crippen LogP contribution >= 0.6 is 15.9 Å². The molecule has 0 aromatic carbocycles. The number of hydrogen-bond donors (Lipinski definition) is 1. The topological polar surface area (TPSA) is 36.9 Å². The summed E-state index contributed by atoms with van der Waals surface area (Å²) in [5.74, 6) is 1.55. The fraction of sp³-hybridized carbons (Fsp3) is 0.750. The lowest BCUT2D eigenvalue weighted by atomic mass is 10.1. The van der Waals surface area contributed by atoms with Crippen LogP contribution < -0.4 is 5.32 Å². The van der Waals surface area contributed by atoms with E-state index in [-0.39, 0.29) is 0 Å². The highest BCUT2D eigenvalue weighted by molar-refractivity contribution is 9.11. The van der Waals surface area contributed by atoms with Gasteiger partial charge in [-0.1, -0.05) is 22.5 Å². The van der Waals surface area contributed by atoms with Gasteiger partial charge >= 0.3 is 0 Å². The molecular formula is C12H22BrN3O. The summed E-state index contributed by atoms with van der Waals surface area (Å²) in [5.41, 5.74) is 0. The Morgan fingerprint density at radius 2 is 2.41 bits per heavy atom. The van der Waals surface area contributed by atoms with Crippen LogP contribution in [0, 0.1) is 5.92 Å². The smallest absolute Gasteiger partial charge is 0.194 e. The molecule has 1 heterocycles. The molecule has 1 fully saturated rings. The molecule has 1 atom stereocenters. The van der Waals surface area contributed by atoms with Crippen molar-refractivity contribution in [1.82, 2.24) is 10.2 Å². The van der Waals surface area contributed by atoms with Crippen molar-refractivity contribution in [2.24, 2.45) is 10.9 Å². The zero-order valence-corrected chi connectivity index (χ0v) is 12.3. The van der Waals surface area contributed by atoms with Gasteiger partial charge in [-0.05, 0) is 13.3 Å². The molecule has 0 aromatic heterocycles. The lowest BCUT2D eigenvalue weighted by molar-refractivity contribution is 0.181. The third-order valence-corrected chi connectivity index (χ3v) is 2.90. The molecule has 5 heteroatoms. The largest absolute Gasteiger partial charge is 0.381 e. The first kappa shape index (κ1) is 14.5. The summed E-state index contributed by atoms with van der Waals surface area (Å²) in [6.07, 6.45) is 1.15. The van der Waals surface area contributed by atoms with Gasteiger partial charge in [0.05, 0.1) is 13.2 Å². The Kier molecular flexibility index (Phi) is 6.58. The van der Waals surface area contributed by atoms with Crippen LogP contribution in [0.1, 0.15) is 13.3 Å². The molecule has 0 bridgehead atoms. The summed E-state index contributed by atoms with van der Waals surface area (Å²) in [6, 6.07) is 0. The zero-order chi connectivity index (χ0) is 12.7. The lowest BCUT2D eigenvalue weighted by Crippen LogP contribution is -2.41. The van der Waals surface area contributed by atoms with Crippen molar-refractivity contribution in [2.75, 3.05) is 39.9 Å². The Hall–Kier alpha value is -0.550. The number of nitrogens with zero attached hydrogens (tertiary/aromatic N) is 2. The van der Waals surface area contributed by atoms with Crippen molar-refractivity contribution in [1.29, 1.82) is 0 Å². The van der Waals surface area contributed by atoms with E-state index in [2.05, 4.69) is 51.7 Å². The molecular weight excluding hydrogens is 282 g/mol. The minimum atomic E-state index is 0.605. The number of hydrogen-bond acceptors (Lipinski definition) is 2. The molecule has 0 radical (unpaired) electrons. The fourth-order valence-electron chi connectivity index (χ4n) is 1.83. The van der Waals surface area contributed by atoms with E-state index in [4.69, 9.17) is 4.74 Å². The Bertz CT molecular complexity index is 275. The van der Waals surface area contributed by atoms with Crippen LogP contribution in [0.5, 0.6) is 0 Å². The maximum atomic E-state index is 5.39. The predicted octanol–water partition coefficient (Wildman–Crippen LogP) is 1.83. The van der Waals surface area contributed by atoms with Crippen LogP contribution in [0.15, 0.2) is 16.1 Å². The van der Waals surface area contributed by atoms with Crippen molar-refractivity contribution in [3.63, 3.8) is 0 Å². The van der Waals surface area contributed by atoms with Crippen LogP contribution in [0.25, 0.3) is 0 Å². The van der Waals surface area contributed by atoms with Gasteiger partial charge in [0, 0.05) is 37.1 Å². The second kappa shape index (κ2) is 7.71. The average Bonchev–Trinajstić information content (AvgIpc) is 2.76. The summed E-state index contributed by atoms with van der Waals surface area (Å²) in [6.45, 7) is 10.1. The average molecular weight is 304 g/mol. The van der Waals surface area contributed by atoms with Gasteiger partial charge in [-0.15, -0.1) is 0 Å². The van der Waals surface area contributed by atoms with E-state index in [0.29, 0.717) is 12.5 Å². The summed E-state index contributed by atoms with van der Waals surface area (Å²) in [5, 5.41) is 3.28. The van der Waals surface area contributed by atoms with E-state index < -0.39 is 0 Å². The number of ether oxygens (including phenoxy) is 1. The van der Waals surface area contributed by atoms with Gasteiger partial charge in [0.25, 0.3) is 0 Å². The van der Waals surface area contributed by atoms with Crippen molar-refractivity contribution in [2.45, 2.75) is 13.3 Å². The van der Waals surface area contributed by atoms with Crippen LogP contribution in [-0.4, -0.2) is 50.8 Å². The number of nitrogens with one attached hydrogen (secondary N) is 1. The van der Waals surface area contributed by atoms with Crippen molar-refractivity contribution >= 4 is 21.9 Å². The molecule has 17 heavy (non-hydrogen) atoms. The van der Waals surface area contributed by atoms with E-state index in [0.717, 1.165) is 43.2 Å². The molecule has 4 nitrogen and oxygen atoms in total. The van der Waals surface area contributed by atoms with Crippen LogP contribution in [0.4, 0.5) is 0 Å². The summed E-state index contributed by atoms with van der Waals surface area (Å²) >= 11 is 3.32. The van der Waals surface area contributed by atoms with Gasteiger partial charge in [0.1, 0.15) is 0 Å². The van der Waals surface area contributed by atoms with Crippen molar-refractivity contribution in [3.05, 3.63) is 11.1 Å². The van der Waals surface area contributed by atoms with Gasteiger partial charge in [0.2, 0.25) is 0 Å². The van der Waals surface area contributed by atoms with Gasteiger partial charge in [-0.3, -0.25) is 0 Å². The highest BCUT2D eigenvalue weighted by atomic mass is 79.9. The van der Waals surface area contributed by atoms with E-state index in [1.807, 2.05) is 0 Å². The van der Waals surface area contributed by atoms with Gasteiger partial charge in [-0.25, -0.2) is 4.99 Å². The SMILES string of the molecule is C=C(Br)CN=C(NCC)N(C)CC1CCOC1. The Balaban J connectivity index is 2.49. The Morgan fingerprint density at radius 1 is 1.65 bits per heavy atom. The molecule has 1 rings (SSSR count). The summed E-state index contributed by atoms with van der Waals surface area (Å²) in [4.78, 5) is 6.66. The second-order valence-electron chi connectivity index (χ2n) is 4.30. The lowest BCUT2D eigenvalue weighted by Gasteiger charge is -2.24. The highest BCUT2D eigenvalue weighted by Gasteiger charge is 2.18. The number of halogens is 1. The molecule has 1 N–H and O–H groups in total. The molecule has 1 unspecified atom stereocenters. The number of guanidine groups is 1. The van der Waals surface area contributed by atoms with E-state index in [9.17, 15) is 0 Å². The summed E-state index contributed by atoms with van der Waals surface area (Å²) < 4.78 is 6.28. The number of rotatable bonds is 5. The quantitative estimate of drug-likeness (QED) is 0.622. The van der Waals surface area contributed by atoms with Crippen molar-refractivity contribution in [3.8, 4) is 0 Å². The second-order valence-corrected chi connectivity index (χ2v) is 5.42. The third-order valence-electron chi connectivity index (χ3n) is 2.65. The van der Waals surface area contributed by atoms with E-state index in [1.165, 1.54) is 0 Å². The Morgan fingerprint density at radius 3 is 2.94 bits per heavy atom. The minimum absolute atomic E-state index is 0.605. The molecule has 98 valence electrons. The molecule has 0 aliphatic carbocycles. The molecule has 1 aliphatic heterocycles. The standard InChI is InChI=1S/C12H22BrN3O/c1-4-14-12(15-7-10(2)13)16(3)8-11-5-6-17-9-11/h11H,2,4-9H2,1,3H3,(H,14,15). The molecule has 1 saturated heterocycles. The first-order valence-electron chi connectivity index (χ1n) is 6.04. The van der Waals surface area contributed by atoms with Crippen LogP contribution in [0.3, 0.4) is 0 Å². The molecule has 0 spiro atoms. The maximum Gasteiger partial charge on any atom is 0.194 e. The monoisotopic (exact) mass is 303 g/mol. The molecule has 0 aromatic rings. The first-order valence-corrected chi connectivity index (χ1v) is 6.83. The summed E-state index contributed by atoms with van der Waals surface area (Å²) in [7, 11) is 2.07. The van der Waals surface area contributed by atoms with Gasteiger partial charge in [-0.2, -0.15) is 0 Å². The maximum absolute atomic E-state index is 5.39. The fourth-order valence-corrected chi connectivity index (χ4v) is 1.96. The molecule has 0 amide bonds. The predicted molar refractivity (Wildman–Crippen MR) is 75.6 cm³/mol. The zero-order valence-electron chi connectivity index (χ0n) is 10.7. The van der Waals surface area contributed by atoms with Crippen LogP contribution in [0.2, 0.25) is 0 Å². The first-order chi connectivity index (χ1) is 8.13. The highest BCUT2D eigenvalue weighted by Crippen LogP contribution is 2.13. The molecule has 0 saturated carbocycles. The normalized spacial score (nSPS) is 20.4. The van der Waals surface area contributed by atoms with E-state index >= 15 is 0 Å². The van der Waals surface area contributed by atoms with E-state index in [1.54, 1.807) is 0 Å². The third kappa shape index (κ3) is 5.55. The van der Waals surface area contributed by atoms with Crippen LogP contribution in [-0.2, 0) is 4.74 Å². The Labute approximate surface area is 112 Å². The molecule has 1 aliphatic rings. The van der Waals surface area contributed by atoms with Gasteiger partial charge < -0.3 is 15.0 Å². The van der Waals surface area contributed by atoms with Gasteiger partial charge in [0.15, 0.2) is 5.96 Å². The van der Waals surface area contributed by atoms with Crippen molar-refractivity contribution < 1.29 is 4.74 Å².